The number of rotatable bonds is 7. The van der Waals surface area contributed by atoms with Crippen LogP contribution in [-0.2, 0) is 20.1 Å². The lowest BCUT2D eigenvalue weighted by Gasteiger charge is -2.13. The molecule has 0 fully saturated rings. The molecule has 8 heteroatoms. The Morgan fingerprint density at radius 1 is 1.00 bits per heavy atom. The van der Waals surface area contributed by atoms with Crippen molar-refractivity contribution in [2.24, 2.45) is 7.05 Å². The SMILES string of the molecule is Cc1nnc(CN(C)Cc2nc(-c3cccc(Oc4ccccc4)c3)no2)n1C. The van der Waals surface area contributed by atoms with Crippen LogP contribution in [0.5, 0.6) is 11.5 Å². The zero-order chi connectivity index (χ0) is 20.2. The summed E-state index contributed by atoms with van der Waals surface area (Å²) in [7, 11) is 3.93. The van der Waals surface area contributed by atoms with Gasteiger partial charge in [0.25, 0.3) is 0 Å². The van der Waals surface area contributed by atoms with E-state index in [9.17, 15) is 0 Å². The maximum absolute atomic E-state index is 5.88. The fourth-order valence-electron chi connectivity index (χ4n) is 2.88. The van der Waals surface area contributed by atoms with Crippen molar-refractivity contribution in [3.63, 3.8) is 0 Å². The predicted octanol–water partition coefficient (Wildman–Crippen LogP) is 3.60. The third-order valence-corrected chi connectivity index (χ3v) is 4.54. The minimum absolute atomic E-state index is 0.513. The maximum Gasteiger partial charge on any atom is 0.241 e. The van der Waals surface area contributed by atoms with E-state index < -0.39 is 0 Å². The highest BCUT2D eigenvalue weighted by Gasteiger charge is 2.14. The summed E-state index contributed by atoms with van der Waals surface area (Å²) in [6.07, 6.45) is 0. The van der Waals surface area contributed by atoms with Gasteiger partial charge in [-0.1, -0.05) is 35.5 Å². The molecule has 0 aliphatic heterocycles. The van der Waals surface area contributed by atoms with E-state index in [1.807, 2.05) is 80.2 Å². The van der Waals surface area contributed by atoms with Gasteiger partial charge < -0.3 is 13.8 Å². The highest BCUT2D eigenvalue weighted by Crippen LogP contribution is 2.26. The van der Waals surface area contributed by atoms with Gasteiger partial charge in [-0.15, -0.1) is 10.2 Å². The fourth-order valence-corrected chi connectivity index (χ4v) is 2.88. The van der Waals surface area contributed by atoms with E-state index in [0.29, 0.717) is 24.8 Å². The van der Waals surface area contributed by atoms with Crippen molar-refractivity contribution in [2.45, 2.75) is 20.0 Å². The van der Waals surface area contributed by atoms with E-state index in [1.54, 1.807) is 0 Å². The molecule has 0 amide bonds. The Kier molecular flexibility index (Phi) is 5.35. The quantitative estimate of drug-likeness (QED) is 0.477. The first kappa shape index (κ1) is 18.8. The van der Waals surface area contributed by atoms with Crippen LogP contribution >= 0.6 is 0 Å². The van der Waals surface area contributed by atoms with Crippen molar-refractivity contribution in [3.05, 3.63) is 72.1 Å². The Morgan fingerprint density at radius 2 is 1.79 bits per heavy atom. The van der Waals surface area contributed by atoms with Gasteiger partial charge in [-0.05, 0) is 38.2 Å². The van der Waals surface area contributed by atoms with E-state index >= 15 is 0 Å². The lowest BCUT2D eigenvalue weighted by Crippen LogP contribution is -2.20. The summed E-state index contributed by atoms with van der Waals surface area (Å²) in [4.78, 5) is 6.57. The summed E-state index contributed by atoms with van der Waals surface area (Å²) < 4.78 is 13.3. The smallest absolute Gasteiger partial charge is 0.241 e. The van der Waals surface area contributed by atoms with Gasteiger partial charge in [-0.3, -0.25) is 4.90 Å². The molecule has 0 aliphatic carbocycles. The van der Waals surface area contributed by atoms with Crippen LogP contribution in [0.3, 0.4) is 0 Å². The Balaban J connectivity index is 1.43. The summed E-state index contributed by atoms with van der Waals surface area (Å²) in [5.74, 6) is 4.33. The van der Waals surface area contributed by atoms with Crippen molar-refractivity contribution < 1.29 is 9.26 Å². The second-order valence-corrected chi connectivity index (χ2v) is 6.85. The molecule has 4 aromatic rings. The number of para-hydroxylation sites is 1. The van der Waals surface area contributed by atoms with E-state index in [-0.39, 0.29) is 0 Å². The van der Waals surface area contributed by atoms with E-state index in [4.69, 9.17) is 9.26 Å². The van der Waals surface area contributed by atoms with Crippen molar-refractivity contribution in [1.82, 2.24) is 29.8 Å². The molecule has 8 nitrogen and oxygen atoms in total. The molecule has 0 aliphatic rings. The number of benzene rings is 2. The number of aryl methyl sites for hydroxylation is 1. The minimum Gasteiger partial charge on any atom is -0.457 e. The number of nitrogens with zero attached hydrogens (tertiary/aromatic N) is 6. The average Bonchev–Trinajstić information content (AvgIpc) is 3.31. The number of hydrogen-bond acceptors (Lipinski definition) is 7. The molecule has 0 bridgehead atoms. The number of ether oxygens (including phenoxy) is 1. The first-order chi connectivity index (χ1) is 14.1. The third-order valence-electron chi connectivity index (χ3n) is 4.54. The second kappa shape index (κ2) is 8.24. The van der Waals surface area contributed by atoms with Crippen LogP contribution in [0.15, 0.2) is 59.1 Å². The van der Waals surface area contributed by atoms with E-state index in [0.717, 1.165) is 28.7 Å². The Hall–Kier alpha value is -3.52. The molecule has 0 saturated carbocycles. The molecule has 0 atom stereocenters. The number of hydrogen-bond donors (Lipinski definition) is 0. The van der Waals surface area contributed by atoms with Crippen molar-refractivity contribution >= 4 is 0 Å². The molecule has 2 heterocycles. The van der Waals surface area contributed by atoms with Gasteiger partial charge >= 0.3 is 0 Å². The van der Waals surface area contributed by atoms with Crippen LogP contribution in [0, 0.1) is 6.92 Å². The Morgan fingerprint density at radius 3 is 2.55 bits per heavy atom. The zero-order valence-electron chi connectivity index (χ0n) is 16.6. The normalized spacial score (nSPS) is 11.2. The van der Waals surface area contributed by atoms with Crippen LogP contribution in [0.25, 0.3) is 11.4 Å². The zero-order valence-corrected chi connectivity index (χ0v) is 16.6. The summed E-state index contributed by atoms with van der Waals surface area (Å²) in [6, 6.07) is 17.3. The number of aromatic nitrogens is 5. The van der Waals surface area contributed by atoms with Crippen molar-refractivity contribution in [2.75, 3.05) is 7.05 Å². The van der Waals surface area contributed by atoms with Crippen LogP contribution in [0.4, 0.5) is 0 Å². The average molecular weight is 390 g/mol. The minimum atomic E-state index is 0.513. The lowest BCUT2D eigenvalue weighted by molar-refractivity contribution is 0.254. The largest absolute Gasteiger partial charge is 0.457 e. The van der Waals surface area contributed by atoms with Gasteiger partial charge in [0.1, 0.15) is 23.1 Å². The third kappa shape index (κ3) is 4.49. The summed E-state index contributed by atoms with van der Waals surface area (Å²) in [6.45, 7) is 3.07. The molecule has 2 aromatic heterocycles. The molecule has 0 saturated heterocycles. The van der Waals surface area contributed by atoms with Gasteiger partial charge in [0.2, 0.25) is 11.7 Å². The molecule has 4 rings (SSSR count). The van der Waals surface area contributed by atoms with Gasteiger partial charge in [-0.2, -0.15) is 4.98 Å². The topological polar surface area (TPSA) is 82.1 Å². The monoisotopic (exact) mass is 390 g/mol. The van der Waals surface area contributed by atoms with Crippen LogP contribution in [0.2, 0.25) is 0 Å². The highest BCUT2D eigenvalue weighted by molar-refractivity contribution is 5.57. The molecule has 0 unspecified atom stereocenters. The molecule has 2 aromatic carbocycles. The van der Waals surface area contributed by atoms with Crippen LogP contribution < -0.4 is 4.74 Å². The molecule has 29 heavy (non-hydrogen) atoms. The van der Waals surface area contributed by atoms with Gasteiger partial charge in [0.15, 0.2) is 0 Å². The Bertz CT molecular complexity index is 1090. The van der Waals surface area contributed by atoms with Gasteiger partial charge in [0, 0.05) is 12.6 Å². The van der Waals surface area contributed by atoms with Crippen molar-refractivity contribution in [1.29, 1.82) is 0 Å². The van der Waals surface area contributed by atoms with Gasteiger partial charge in [-0.25, -0.2) is 0 Å². The van der Waals surface area contributed by atoms with E-state index in [1.165, 1.54) is 0 Å². The standard InChI is InChI=1S/C21H22N6O2/c1-15-23-24-19(27(15)3)13-26(2)14-20-22-21(25-29-20)16-8-7-11-18(12-16)28-17-9-5-4-6-10-17/h4-12H,13-14H2,1-3H3. The molecule has 0 radical (unpaired) electrons. The molecule has 0 N–H and O–H groups in total. The second-order valence-electron chi connectivity index (χ2n) is 6.85. The molecular weight excluding hydrogens is 368 g/mol. The maximum atomic E-state index is 5.88. The summed E-state index contributed by atoms with van der Waals surface area (Å²) >= 11 is 0. The summed E-state index contributed by atoms with van der Waals surface area (Å²) in [5, 5.41) is 12.4. The Labute approximate surface area is 168 Å². The van der Waals surface area contributed by atoms with E-state index in [2.05, 4.69) is 25.2 Å². The fraction of sp³-hybridized carbons (Fsp3) is 0.238. The lowest BCUT2D eigenvalue weighted by atomic mass is 10.2. The highest BCUT2D eigenvalue weighted by atomic mass is 16.5. The molecular formula is C21H22N6O2. The summed E-state index contributed by atoms with van der Waals surface area (Å²) in [5.41, 5.74) is 0.833. The van der Waals surface area contributed by atoms with Crippen LogP contribution in [-0.4, -0.2) is 36.9 Å². The first-order valence-electron chi connectivity index (χ1n) is 9.28. The van der Waals surface area contributed by atoms with Crippen LogP contribution in [0.1, 0.15) is 17.5 Å². The molecule has 0 spiro atoms. The molecule has 148 valence electrons. The first-order valence-corrected chi connectivity index (χ1v) is 9.28. The van der Waals surface area contributed by atoms with Gasteiger partial charge in [0.05, 0.1) is 13.1 Å². The van der Waals surface area contributed by atoms with Crippen molar-refractivity contribution in [3.8, 4) is 22.9 Å². The predicted molar refractivity (Wildman–Crippen MR) is 107 cm³/mol.